The number of hydrogen-bond acceptors (Lipinski definition) is 6. The smallest absolute Gasteiger partial charge is 0.275 e. The van der Waals surface area contributed by atoms with E-state index < -0.39 is 0 Å². The Hall–Kier alpha value is -2.22. The average Bonchev–Trinajstić information content (AvgIpc) is 3.28. The molecule has 4 rings (SSSR count). The van der Waals surface area contributed by atoms with E-state index >= 15 is 0 Å². The minimum atomic E-state index is -0.339. The zero-order chi connectivity index (χ0) is 17.4. The molecule has 0 bridgehead atoms. The number of morpholine rings is 1. The van der Waals surface area contributed by atoms with Crippen molar-refractivity contribution in [3.05, 3.63) is 28.7 Å². The molecule has 0 saturated carbocycles. The minimum absolute atomic E-state index is 0.0800. The zero-order valence-electron chi connectivity index (χ0n) is 14.6. The summed E-state index contributed by atoms with van der Waals surface area (Å²) in [5, 5.41) is 11.4. The maximum absolute atomic E-state index is 13.2. The van der Waals surface area contributed by atoms with Crippen LogP contribution in [0, 0.1) is 0 Å². The lowest BCUT2D eigenvalue weighted by Gasteiger charge is -2.33. The first-order valence-corrected chi connectivity index (χ1v) is 8.93. The molecule has 1 saturated heterocycles. The summed E-state index contributed by atoms with van der Waals surface area (Å²) < 4.78 is 10.9. The van der Waals surface area contributed by atoms with Crippen molar-refractivity contribution < 1.29 is 14.1 Å². The van der Waals surface area contributed by atoms with Crippen LogP contribution in [-0.4, -0.2) is 50.9 Å². The molecule has 1 amide bonds. The summed E-state index contributed by atoms with van der Waals surface area (Å²) in [4.78, 5) is 19.4. The highest BCUT2D eigenvalue weighted by atomic mass is 16.5. The van der Waals surface area contributed by atoms with E-state index in [0.717, 1.165) is 36.9 Å². The highest BCUT2D eigenvalue weighted by Gasteiger charge is 2.35. The maximum atomic E-state index is 13.2. The van der Waals surface area contributed by atoms with Crippen molar-refractivity contribution in [1.82, 2.24) is 25.2 Å². The molecular formula is C17H23N5O3. The van der Waals surface area contributed by atoms with Crippen molar-refractivity contribution in [2.75, 3.05) is 19.8 Å². The second-order valence-corrected chi connectivity index (χ2v) is 6.97. The van der Waals surface area contributed by atoms with Gasteiger partial charge in [0, 0.05) is 23.7 Å². The molecule has 0 aromatic carbocycles. The van der Waals surface area contributed by atoms with E-state index in [0.29, 0.717) is 37.2 Å². The van der Waals surface area contributed by atoms with E-state index in [4.69, 9.17) is 9.26 Å². The second kappa shape index (κ2) is 6.59. The van der Waals surface area contributed by atoms with Crippen molar-refractivity contribution in [3.63, 3.8) is 0 Å². The lowest BCUT2D eigenvalue weighted by molar-refractivity contribution is -0.00613. The highest BCUT2D eigenvalue weighted by Crippen LogP contribution is 2.28. The minimum Gasteiger partial charge on any atom is -0.377 e. The van der Waals surface area contributed by atoms with Gasteiger partial charge in [0.1, 0.15) is 6.04 Å². The number of amides is 1. The molecule has 1 atom stereocenters. The van der Waals surface area contributed by atoms with Gasteiger partial charge in [0.15, 0.2) is 11.5 Å². The second-order valence-electron chi connectivity index (χ2n) is 6.97. The van der Waals surface area contributed by atoms with Crippen LogP contribution in [0.3, 0.4) is 0 Å². The summed E-state index contributed by atoms with van der Waals surface area (Å²) in [5.41, 5.74) is 2.70. The number of aryl methyl sites for hydroxylation is 1. The van der Waals surface area contributed by atoms with Crippen LogP contribution in [0.15, 0.2) is 4.52 Å². The van der Waals surface area contributed by atoms with Crippen LogP contribution < -0.4 is 0 Å². The van der Waals surface area contributed by atoms with Crippen molar-refractivity contribution in [1.29, 1.82) is 0 Å². The molecule has 8 nitrogen and oxygen atoms in total. The van der Waals surface area contributed by atoms with Crippen LogP contribution in [-0.2, 0) is 17.6 Å². The SMILES string of the molecule is CC(C)c1nc([C@@H]2COCCN2C(=O)c2n[nH]c3c2CCCC3)no1. The molecule has 1 aliphatic carbocycles. The topological polar surface area (TPSA) is 97.1 Å². The van der Waals surface area contributed by atoms with E-state index in [-0.39, 0.29) is 17.9 Å². The fourth-order valence-electron chi connectivity index (χ4n) is 3.47. The predicted molar refractivity (Wildman–Crippen MR) is 88.2 cm³/mol. The van der Waals surface area contributed by atoms with Gasteiger partial charge >= 0.3 is 0 Å². The quantitative estimate of drug-likeness (QED) is 0.914. The molecule has 8 heteroatoms. The van der Waals surface area contributed by atoms with Crippen molar-refractivity contribution in [2.45, 2.75) is 51.5 Å². The number of rotatable bonds is 3. The van der Waals surface area contributed by atoms with Gasteiger partial charge < -0.3 is 14.2 Å². The van der Waals surface area contributed by atoms with Crippen LogP contribution in [0.25, 0.3) is 0 Å². The number of nitrogens with zero attached hydrogens (tertiary/aromatic N) is 4. The Kier molecular flexibility index (Phi) is 4.29. The molecular weight excluding hydrogens is 322 g/mol. The number of H-pyrrole nitrogens is 1. The summed E-state index contributed by atoms with van der Waals surface area (Å²) >= 11 is 0. The number of carbonyl (C=O) groups is 1. The van der Waals surface area contributed by atoms with Crippen LogP contribution in [0.1, 0.15) is 72.1 Å². The lowest BCUT2D eigenvalue weighted by Crippen LogP contribution is -2.44. The van der Waals surface area contributed by atoms with Gasteiger partial charge in [-0.1, -0.05) is 19.0 Å². The Balaban J connectivity index is 1.62. The van der Waals surface area contributed by atoms with E-state index in [1.54, 1.807) is 4.90 Å². The number of aromatic amines is 1. The molecule has 2 aromatic heterocycles. The van der Waals surface area contributed by atoms with Crippen molar-refractivity contribution >= 4 is 5.91 Å². The molecule has 1 aliphatic heterocycles. The molecule has 25 heavy (non-hydrogen) atoms. The third-order valence-electron chi connectivity index (χ3n) is 4.90. The molecule has 134 valence electrons. The van der Waals surface area contributed by atoms with Gasteiger partial charge in [-0.2, -0.15) is 10.1 Å². The monoisotopic (exact) mass is 345 g/mol. The molecule has 0 unspecified atom stereocenters. The Morgan fingerprint density at radius 1 is 1.32 bits per heavy atom. The third kappa shape index (κ3) is 2.95. The van der Waals surface area contributed by atoms with Crippen LogP contribution in [0.5, 0.6) is 0 Å². The van der Waals surface area contributed by atoms with E-state index in [2.05, 4.69) is 20.3 Å². The first-order valence-electron chi connectivity index (χ1n) is 8.93. The molecule has 2 aliphatic rings. The van der Waals surface area contributed by atoms with E-state index in [1.165, 1.54) is 0 Å². The Bertz CT molecular complexity index is 766. The molecule has 0 spiro atoms. The Morgan fingerprint density at radius 2 is 2.16 bits per heavy atom. The Labute approximate surface area is 145 Å². The van der Waals surface area contributed by atoms with Crippen molar-refractivity contribution in [2.24, 2.45) is 0 Å². The van der Waals surface area contributed by atoms with Gasteiger partial charge in [0.05, 0.1) is 13.2 Å². The first-order chi connectivity index (χ1) is 12.1. The van der Waals surface area contributed by atoms with Crippen LogP contribution in [0.2, 0.25) is 0 Å². The summed E-state index contributed by atoms with van der Waals surface area (Å²) in [6.45, 7) is 5.36. The van der Waals surface area contributed by atoms with Crippen molar-refractivity contribution in [3.8, 4) is 0 Å². The largest absolute Gasteiger partial charge is 0.377 e. The van der Waals surface area contributed by atoms with Gasteiger partial charge in [0.25, 0.3) is 5.91 Å². The third-order valence-corrected chi connectivity index (χ3v) is 4.90. The van der Waals surface area contributed by atoms with E-state index in [1.807, 2.05) is 13.8 Å². The lowest BCUT2D eigenvalue weighted by atomic mass is 9.95. The van der Waals surface area contributed by atoms with Gasteiger partial charge in [0.2, 0.25) is 5.89 Å². The van der Waals surface area contributed by atoms with Gasteiger partial charge in [-0.3, -0.25) is 9.89 Å². The number of fused-ring (bicyclic) bond motifs is 1. The first kappa shape index (κ1) is 16.3. The number of carbonyl (C=O) groups excluding carboxylic acids is 1. The number of hydrogen-bond donors (Lipinski definition) is 1. The van der Waals surface area contributed by atoms with Crippen LogP contribution >= 0.6 is 0 Å². The predicted octanol–water partition coefficient (Wildman–Crippen LogP) is 2.01. The molecule has 0 radical (unpaired) electrons. The number of ether oxygens (including phenoxy) is 1. The Morgan fingerprint density at radius 3 is 2.96 bits per heavy atom. The standard InChI is InChI=1S/C17H23N5O3/c1-10(2)16-18-15(21-25-16)13-9-24-8-7-22(13)17(23)14-11-5-3-4-6-12(11)19-20-14/h10,13H,3-9H2,1-2H3,(H,19,20)/t13-/m0/s1. The van der Waals surface area contributed by atoms with Gasteiger partial charge in [-0.15, -0.1) is 0 Å². The zero-order valence-corrected chi connectivity index (χ0v) is 14.6. The summed E-state index contributed by atoms with van der Waals surface area (Å²) in [7, 11) is 0. The van der Waals surface area contributed by atoms with Gasteiger partial charge in [-0.25, -0.2) is 0 Å². The van der Waals surface area contributed by atoms with E-state index in [9.17, 15) is 4.79 Å². The molecule has 3 heterocycles. The molecule has 1 N–H and O–H groups in total. The van der Waals surface area contributed by atoms with Gasteiger partial charge in [-0.05, 0) is 25.7 Å². The summed E-state index contributed by atoms with van der Waals surface area (Å²) in [5.74, 6) is 1.14. The van der Waals surface area contributed by atoms with Crippen LogP contribution in [0.4, 0.5) is 0 Å². The fourth-order valence-corrected chi connectivity index (χ4v) is 3.47. The maximum Gasteiger partial charge on any atom is 0.275 e. The molecule has 2 aromatic rings. The average molecular weight is 345 g/mol. The fraction of sp³-hybridized carbons (Fsp3) is 0.647. The highest BCUT2D eigenvalue weighted by molar-refractivity contribution is 5.94. The number of nitrogens with one attached hydrogen (secondary N) is 1. The summed E-state index contributed by atoms with van der Waals surface area (Å²) in [6, 6.07) is -0.339. The number of aromatic nitrogens is 4. The molecule has 1 fully saturated rings. The summed E-state index contributed by atoms with van der Waals surface area (Å²) in [6.07, 6.45) is 4.11. The normalized spacial score (nSPS) is 20.8.